The molecule has 1 aromatic carbocycles. The van der Waals surface area contributed by atoms with E-state index in [1.807, 2.05) is 12.1 Å². The van der Waals surface area contributed by atoms with Crippen LogP contribution in [0.5, 0.6) is 0 Å². The Balaban J connectivity index is 2.20. The second kappa shape index (κ2) is 7.93. The van der Waals surface area contributed by atoms with Crippen LogP contribution in [0.4, 0.5) is 0 Å². The molecule has 0 spiro atoms. The first kappa shape index (κ1) is 17.2. The Morgan fingerprint density at radius 2 is 2.00 bits per heavy atom. The van der Waals surface area contributed by atoms with Gasteiger partial charge in [-0.25, -0.2) is 0 Å². The van der Waals surface area contributed by atoms with E-state index in [4.69, 9.17) is 22.2 Å². The monoisotopic (exact) mass is 374 g/mol. The predicted molar refractivity (Wildman–Crippen MR) is 91.4 cm³/mol. The molecule has 0 saturated heterocycles. The van der Waals surface area contributed by atoms with Gasteiger partial charge < -0.3 is 4.74 Å². The van der Waals surface area contributed by atoms with Gasteiger partial charge in [-0.3, -0.25) is 11.3 Å². The highest BCUT2D eigenvalue weighted by Crippen LogP contribution is 2.35. The van der Waals surface area contributed by atoms with Crippen LogP contribution in [0, 0.1) is 0 Å². The number of nitrogens with two attached hydrogens (primary N) is 1. The van der Waals surface area contributed by atoms with Crippen LogP contribution in [0.2, 0.25) is 5.02 Å². The molecular formula is C16H24BrClN2O. The number of nitrogens with one attached hydrogen (secondary N) is 1. The van der Waals surface area contributed by atoms with E-state index in [-0.39, 0.29) is 11.6 Å². The largest absolute Gasteiger partial charge is 0.377 e. The molecule has 1 saturated carbocycles. The lowest BCUT2D eigenvalue weighted by Gasteiger charge is -2.39. The maximum atomic E-state index is 6.35. The van der Waals surface area contributed by atoms with Crippen molar-refractivity contribution in [3.8, 4) is 0 Å². The molecule has 21 heavy (non-hydrogen) atoms. The summed E-state index contributed by atoms with van der Waals surface area (Å²) in [5.74, 6) is 5.86. The summed E-state index contributed by atoms with van der Waals surface area (Å²) in [5, 5.41) is 0.768. The fourth-order valence-corrected chi connectivity index (χ4v) is 4.08. The molecule has 0 aromatic heterocycles. The number of halogens is 2. The minimum absolute atomic E-state index is 0.0688. The van der Waals surface area contributed by atoms with Crippen molar-refractivity contribution in [2.75, 3.05) is 7.11 Å². The SMILES string of the molecule is COC1(C(Cc2ccc(Br)cc2Cl)NN)CCCCCC1. The highest BCUT2D eigenvalue weighted by atomic mass is 79.9. The van der Waals surface area contributed by atoms with E-state index in [0.29, 0.717) is 0 Å². The molecule has 118 valence electrons. The van der Waals surface area contributed by atoms with Crippen LogP contribution in [0.1, 0.15) is 44.1 Å². The van der Waals surface area contributed by atoms with Crippen molar-refractivity contribution in [3.05, 3.63) is 33.3 Å². The lowest BCUT2D eigenvalue weighted by Crippen LogP contribution is -2.55. The number of ether oxygens (including phenoxy) is 1. The van der Waals surface area contributed by atoms with E-state index in [9.17, 15) is 0 Å². The smallest absolute Gasteiger partial charge is 0.0847 e. The van der Waals surface area contributed by atoms with Crippen molar-refractivity contribution in [2.24, 2.45) is 5.84 Å². The van der Waals surface area contributed by atoms with Gasteiger partial charge in [0.2, 0.25) is 0 Å². The molecule has 1 atom stereocenters. The van der Waals surface area contributed by atoms with Crippen LogP contribution in [0.3, 0.4) is 0 Å². The van der Waals surface area contributed by atoms with Gasteiger partial charge in [0, 0.05) is 16.6 Å². The van der Waals surface area contributed by atoms with Gasteiger partial charge in [-0.15, -0.1) is 0 Å². The Morgan fingerprint density at radius 3 is 2.52 bits per heavy atom. The van der Waals surface area contributed by atoms with E-state index in [1.54, 1.807) is 7.11 Å². The van der Waals surface area contributed by atoms with E-state index in [2.05, 4.69) is 27.4 Å². The summed E-state index contributed by atoms with van der Waals surface area (Å²) in [7, 11) is 1.80. The molecule has 1 fully saturated rings. The molecule has 0 radical (unpaired) electrons. The summed E-state index contributed by atoms with van der Waals surface area (Å²) in [6, 6.07) is 6.06. The van der Waals surface area contributed by atoms with Crippen molar-refractivity contribution < 1.29 is 4.74 Å². The molecule has 0 heterocycles. The van der Waals surface area contributed by atoms with Crippen LogP contribution in [-0.4, -0.2) is 18.8 Å². The van der Waals surface area contributed by atoms with Crippen molar-refractivity contribution in [2.45, 2.75) is 56.6 Å². The van der Waals surface area contributed by atoms with Crippen molar-refractivity contribution in [1.82, 2.24) is 5.43 Å². The first-order chi connectivity index (χ1) is 10.1. The summed E-state index contributed by atoms with van der Waals surface area (Å²) < 4.78 is 6.94. The summed E-state index contributed by atoms with van der Waals surface area (Å²) in [6.45, 7) is 0. The predicted octanol–water partition coefficient (Wildman–Crippen LogP) is 4.22. The number of hydrazine groups is 1. The van der Waals surface area contributed by atoms with Crippen molar-refractivity contribution in [1.29, 1.82) is 0 Å². The van der Waals surface area contributed by atoms with E-state index in [0.717, 1.165) is 34.3 Å². The molecule has 2 rings (SSSR count). The standard InChI is InChI=1S/C16H24BrClN2O/c1-21-16(8-4-2-3-5-9-16)15(20-19)10-12-6-7-13(17)11-14(12)18/h6-7,11,15,20H,2-5,8-10,19H2,1H3. The number of hydrogen-bond acceptors (Lipinski definition) is 3. The zero-order valence-electron chi connectivity index (χ0n) is 12.5. The van der Waals surface area contributed by atoms with Gasteiger partial charge >= 0.3 is 0 Å². The first-order valence-corrected chi connectivity index (χ1v) is 8.73. The van der Waals surface area contributed by atoms with Crippen LogP contribution >= 0.6 is 27.5 Å². The van der Waals surface area contributed by atoms with Gasteiger partial charge in [0.15, 0.2) is 0 Å². The number of rotatable bonds is 5. The van der Waals surface area contributed by atoms with Gasteiger partial charge in [-0.1, -0.05) is 59.3 Å². The number of hydrogen-bond donors (Lipinski definition) is 2. The molecular weight excluding hydrogens is 352 g/mol. The van der Waals surface area contributed by atoms with Gasteiger partial charge in [0.1, 0.15) is 0 Å². The maximum absolute atomic E-state index is 6.35. The Labute approximate surface area is 140 Å². The van der Waals surface area contributed by atoms with Gasteiger partial charge in [-0.05, 0) is 37.0 Å². The quantitative estimate of drug-likeness (QED) is 0.460. The summed E-state index contributed by atoms with van der Waals surface area (Å²) in [4.78, 5) is 0. The average Bonchev–Trinajstić information content (AvgIpc) is 2.73. The molecule has 0 aliphatic heterocycles. The average molecular weight is 376 g/mol. The number of methoxy groups -OCH3 is 1. The van der Waals surface area contributed by atoms with Crippen LogP contribution in [0.15, 0.2) is 22.7 Å². The molecule has 3 N–H and O–H groups in total. The fraction of sp³-hybridized carbons (Fsp3) is 0.625. The molecule has 0 bridgehead atoms. The Hall–Kier alpha value is -0.130. The molecule has 1 unspecified atom stereocenters. The zero-order chi connectivity index (χ0) is 15.3. The zero-order valence-corrected chi connectivity index (χ0v) is 14.8. The van der Waals surface area contributed by atoms with E-state index in [1.165, 1.54) is 25.7 Å². The Morgan fingerprint density at radius 1 is 1.33 bits per heavy atom. The molecule has 1 aliphatic rings. The molecule has 5 heteroatoms. The minimum Gasteiger partial charge on any atom is -0.377 e. The normalized spacial score (nSPS) is 20.0. The van der Waals surface area contributed by atoms with Crippen LogP contribution in [0.25, 0.3) is 0 Å². The molecule has 3 nitrogen and oxygen atoms in total. The number of benzene rings is 1. The Kier molecular flexibility index (Phi) is 6.51. The van der Waals surface area contributed by atoms with Crippen LogP contribution in [-0.2, 0) is 11.2 Å². The highest BCUT2D eigenvalue weighted by molar-refractivity contribution is 9.10. The van der Waals surface area contributed by atoms with Gasteiger partial charge in [0.05, 0.1) is 11.6 Å². The molecule has 0 amide bonds. The first-order valence-electron chi connectivity index (χ1n) is 7.56. The topological polar surface area (TPSA) is 47.3 Å². The summed E-state index contributed by atoms with van der Waals surface area (Å²) in [6.07, 6.45) is 7.82. The lowest BCUT2D eigenvalue weighted by atomic mass is 9.83. The van der Waals surface area contributed by atoms with Crippen molar-refractivity contribution >= 4 is 27.5 Å². The molecule has 1 aromatic rings. The lowest BCUT2D eigenvalue weighted by molar-refractivity contribution is -0.0527. The highest BCUT2D eigenvalue weighted by Gasteiger charge is 2.38. The third kappa shape index (κ3) is 4.20. The Bertz CT molecular complexity index is 462. The minimum atomic E-state index is -0.193. The second-order valence-electron chi connectivity index (χ2n) is 5.84. The molecule has 1 aliphatic carbocycles. The van der Waals surface area contributed by atoms with Gasteiger partial charge in [-0.2, -0.15) is 0 Å². The van der Waals surface area contributed by atoms with Crippen LogP contribution < -0.4 is 11.3 Å². The fourth-order valence-electron chi connectivity index (χ4n) is 3.33. The second-order valence-corrected chi connectivity index (χ2v) is 7.17. The third-order valence-electron chi connectivity index (χ3n) is 4.63. The van der Waals surface area contributed by atoms with Gasteiger partial charge in [0.25, 0.3) is 0 Å². The maximum Gasteiger partial charge on any atom is 0.0847 e. The third-order valence-corrected chi connectivity index (χ3v) is 5.48. The van der Waals surface area contributed by atoms with Crippen molar-refractivity contribution in [3.63, 3.8) is 0 Å². The summed E-state index contributed by atoms with van der Waals surface area (Å²) >= 11 is 9.79. The van der Waals surface area contributed by atoms with E-state index < -0.39 is 0 Å². The van der Waals surface area contributed by atoms with E-state index >= 15 is 0 Å². The summed E-state index contributed by atoms with van der Waals surface area (Å²) in [5.41, 5.74) is 3.89.